The normalized spacial score (nSPS) is 10.2. The minimum atomic E-state index is -0.691. The van der Waals surface area contributed by atoms with Crippen LogP contribution in [0.5, 0.6) is 0 Å². The highest BCUT2D eigenvalue weighted by atomic mass is 35.5. The second kappa shape index (κ2) is 4.01. The Kier molecular flexibility index (Phi) is 2.65. The molecule has 2 rings (SSSR count). The zero-order chi connectivity index (χ0) is 13.4. The summed E-state index contributed by atoms with van der Waals surface area (Å²) in [5, 5.41) is 36.9. The molecule has 0 spiro atoms. The maximum atomic E-state index is 10.7. The second-order valence-corrected chi connectivity index (χ2v) is 3.86. The van der Waals surface area contributed by atoms with Crippen LogP contribution < -0.4 is 5.49 Å². The van der Waals surface area contributed by atoms with Gasteiger partial charge in [-0.1, -0.05) is 11.6 Å². The van der Waals surface area contributed by atoms with Crippen molar-refractivity contribution >= 4 is 28.2 Å². The number of rotatable bonds is 1. The summed E-state index contributed by atoms with van der Waals surface area (Å²) in [6.07, 6.45) is 0. The third-order valence-corrected chi connectivity index (χ3v) is 2.71. The van der Waals surface area contributed by atoms with Crippen molar-refractivity contribution in [1.82, 2.24) is 4.73 Å². The predicted octanol–water partition coefficient (Wildman–Crippen LogP) is 1.79. The monoisotopic (exact) mass is 264 g/mol. The first-order valence-electron chi connectivity index (χ1n) is 4.63. The van der Waals surface area contributed by atoms with Crippen molar-refractivity contribution in [2.75, 3.05) is 0 Å². The third-order valence-electron chi connectivity index (χ3n) is 2.41. The number of pyridine rings is 1. The molecule has 0 atom stereocenters. The molecule has 0 saturated heterocycles. The summed E-state index contributed by atoms with van der Waals surface area (Å²) < 4.78 is 0.414. The molecule has 1 heterocycles. The van der Waals surface area contributed by atoms with Gasteiger partial charge in [-0.15, -0.1) is 0 Å². The van der Waals surface area contributed by atoms with Crippen LogP contribution in [0, 0.1) is 26.9 Å². The molecule has 0 saturated carbocycles. The van der Waals surface area contributed by atoms with E-state index in [0.29, 0.717) is 10.1 Å². The Hall–Kier alpha value is -2.59. The van der Waals surface area contributed by atoms with Gasteiger partial charge in [0.15, 0.2) is 5.49 Å². The number of nitrogens with zero attached hydrogens (tertiary/aromatic N) is 3. The molecule has 2 aromatic rings. The summed E-state index contributed by atoms with van der Waals surface area (Å²) in [7, 11) is 0. The highest BCUT2D eigenvalue weighted by molar-refractivity contribution is 6.33. The van der Waals surface area contributed by atoms with Gasteiger partial charge < -0.3 is 5.21 Å². The topological polar surface area (TPSA) is 116 Å². The average molecular weight is 265 g/mol. The third kappa shape index (κ3) is 1.65. The molecule has 0 fully saturated rings. The van der Waals surface area contributed by atoms with Crippen molar-refractivity contribution in [1.29, 1.82) is 10.7 Å². The number of hydrogen-bond donors (Lipinski definition) is 2. The van der Waals surface area contributed by atoms with E-state index >= 15 is 0 Å². The summed E-state index contributed by atoms with van der Waals surface area (Å²) in [4.78, 5) is 10.0. The quantitative estimate of drug-likeness (QED) is 0.464. The molecule has 1 aromatic carbocycles. The van der Waals surface area contributed by atoms with Gasteiger partial charge in [-0.25, -0.2) is 0 Å². The van der Waals surface area contributed by atoms with Crippen molar-refractivity contribution in [3.05, 3.63) is 44.4 Å². The van der Waals surface area contributed by atoms with Crippen molar-refractivity contribution in [3.8, 4) is 6.07 Å². The van der Waals surface area contributed by atoms with Gasteiger partial charge in [0.1, 0.15) is 11.1 Å². The van der Waals surface area contributed by atoms with Crippen molar-refractivity contribution < 1.29 is 10.1 Å². The van der Waals surface area contributed by atoms with E-state index in [-0.39, 0.29) is 21.8 Å². The number of fused-ring (bicyclic) bond motifs is 1. The Morgan fingerprint density at radius 2 is 2.17 bits per heavy atom. The number of nitriles is 1. The maximum Gasteiger partial charge on any atom is 0.290 e. The van der Waals surface area contributed by atoms with Gasteiger partial charge in [-0.05, 0) is 12.1 Å². The molecule has 18 heavy (non-hydrogen) atoms. The van der Waals surface area contributed by atoms with Gasteiger partial charge in [-0.3, -0.25) is 15.5 Å². The van der Waals surface area contributed by atoms with Crippen molar-refractivity contribution in [2.24, 2.45) is 0 Å². The van der Waals surface area contributed by atoms with Gasteiger partial charge in [-0.2, -0.15) is 9.99 Å². The largest absolute Gasteiger partial charge is 0.426 e. The molecule has 90 valence electrons. The Morgan fingerprint density at radius 1 is 1.50 bits per heavy atom. The number of hydrogen-bond acceptors (Lipinski definition) is 5. The minimum Gasteiger partial charge on any atom is -0.426 e. The first-order valence-corrected chi connectivity index (χ1v) is 5.01. The molecule has 8 heteroatoms. The molecule has 0 aliphatic heterocycles. The highest BCUT2D eigenvalue weighted by Crippen LogP contribution is 2.29. The molecule has 0 bridgehead atoms. The fraction of sp³-hybridized carbons (Fsp3) is 0. The smallest absolute Gasteiger partial charge is 0.290 e. The SMILES string of the molecule is N#Cc1cc2cc(Cl)c([N+](=O)[O-])cc2n(O)c1=N. The van der Waals surface area contributed by atoms with E-state index in [2.05, 4.69) is 0 Å². The molecule has 0 aliphatic rings. The fourth-order valence-corrected chi connectivity index (χ4v) is 1.79. The average Bonchev–Trinajstić information content (AvgIpc) is 2.32. The predicted molar refractivity (Wildman–Crippen MR) is 61.4 cm³/mol. The summed E-state index contributed by atoms with van der Waals surface area (Å²) in [6, 6.07) is 5.39. The van der Waals surface area contributed by atoms with Crippen LogP contribution >= 0.6 is 11.6 Å². The minimum absolute atomic E-state index is 0.0371. The second-order valence-electron chi connectivity index (χ2n) is 3.45. The lowest BCUT2D eigenvalue weighted by Crippen LogP contribution is -2.21. The van der Waals surface area contributed by atoms with E-state index in [1.165, 1.54) is 12.1 Å². The van der Waals surface area contributed by atoms with Gasteiger partial charge in [0.2, 0.25) is 0 Å². The van der Waals surface area contributed by atoms with Gasteiger partial charge in [0.05, 0.1) is 16.0 Å². The lowest BCUT2D eigenvalue weighted by Gasteiger charge is -2.06. The first kappa shape index (κ1) is 11.9. The van der Waals surface area contributed by atoms with Crippen LogP contribution in [0.25, 0.3) is 10.9 Å². The van der Waals surface area contributed by atoms with Crippen LogP contribution in [0.1, 0.15) is 5.56 Å². The molecule has 7 nitrogen and oxygen atoms in total. The standard InChI is InChI=1S/C10H5ClN4O3/c11-7-2-5-1-6(4-12)10(13)14(16)8(5)3-9(7)15(17)18/h1-3,13,16H. The Morgan fingerprint density at radius 3 is 2.72 bits per heavy atom. The first-order chi connectivity index (χ1) is 8.45. The number of halogens is 1. The lowest BCUT2D eigenvalue weighted by atomic mass is 10.1. The molecular weight excluding hydrogens is 260 g/mol. The molecule has 2 N–H and O–H groups in total. The van der Waals surface area contributed by atoms with E-state index in [9.17, 15) is 15.3 Å². The Bertz CT molecular complexity index is 775. The van der Waals surface area contributed by atoms with Crippen LogP contribution in [0.15, 0.2) is 18.2 Å². The van der Waals surface area contributed by atoms with Crippen LogP contribution in [0.4, 0.5) is 5.69 Å². The van der Waals surface area contributed by atoms with E-state index < -0.39 is 10.4 Å². The number of benzene rings is 1. The Balaban J connectivity index is 2.96. The number of nitrogens with one attached hydrogen (secondary N) is 1. The zero-order valence-corrected chi connectivity index (χ0v) is 9.47. The van der Waals surface area contributed by atoms with Gasteiger partial charge in [0.25, 0.3) is 5.69 Å². The van der Waals surface area contributed by atoms with Crippen LogP contribution in [-0.2, 0) is 0 Å². The van der Waals surface area contributed by atoms with E-state index in [4.69, 9.17) is 22.3 Å². The van der Waals surface area contributed by atoms with E-state index in [0.717, 1.165) is 6.07 Å². The maximum absolute atomic E-state index is 10.7. The summed E-state index contributed by atoms with van der Waals surface area (Å²) in [5.74, 6) is 0. The van der Waals surface area contributed by atoms with E-state index in [1.807, 2.05) is 0 Å². The summed E-state index contributed by atoms with van der Waals surface area (Å²) in [6.45, 7) is 0. The number of aromatic nitrogens is 1. The fourth-order valence-electron chi connectivity index (χ4n) is 1.55. The van der Waals surface area contributed by atoms with Gasteiger partial charge in [0, 0.05) is 11.5 Å². The molecule has 0 amide bonds. The highest BCUT2D eigenvalue weighted by Gasteiger charge is 2.16. The Labute approximate surface area is 105 Å². The molecular formula is C10H5ClN4O3. The van der Waals surface area contributed by atoms with Crippen molar-refractivity contribution in [2.45, 2.75) is 0 Å². The summed E-state index contributed by atoms with van der Waals surface area (Å²) in [5.41, 5.74) is -0.845. The van der Waals surface area contributed by atoms with Crippen LogP contribution in [0.2, 0.25) is 5.02 Å². The van der Waals surface area contributed by atoms with E-state index in [1.54, 1.807) is 6.07 Å². The lowest BCUT2D eigenvalue weighted by molar-refractivity contribution is -0.384. The molecule has 1 aromatic heterocycles. The molecule has 0 aliphatic carbocycles. The number of nitro groups is 1. The van der Waals surface area contributed by atoms with Gasteiger partial charge >= 0.3 is 0 Å². The zero-order valence-electron chi connectivity index (χ0n) is 8.72. The van der Waals surface area contributed by atoms with Crippen LogP contribution in [-0.4, -0.2) is 14.9 Å². The number of nitro benzene ring substituents is 1. The summed E-state index contributed by atoms with van der Waals surface area (Å²) >= 11 is 5.72. The molecule has 0 radical (unpaired) electrons. The van der Waals surface area contributed by atoms with Crippen LogP contribution in [0.3, 0.4) is 0 Å². The van der Waals surface area contributed by atoms with Crippen molar-refractivity contribution in [3.63, 3.8) is 0 Å². The molecule has 0 unspecified atom stereocenters.